The Hall–Kier alpha value is -0.800. The van der Waals surface area contributed by atoms with E-state index < -0.39 is 0 Å². The molecule has 0 saturated heterocycles. The molecular weight excluding hydrogens is 164 g/mol. The van der Waals surface area contributed by atoms with Crippen molar-refractivity contribution in [1.82, 2.24) is 4.90 Å². The molecule has 2 rings (SSSR count). The van der Waals surface area contributed by atoms with Gasteiger partial charge in [-0.1, -0.05) is 0 Å². The first-order valence-electron chi connectivity index (χ1n) is 4.68. The molecule has 2 N–H and O–H groups in total. The highest BCUT2D eigenvalue weighted by Crippen LogP contribution is 2.32. The fourth-order valence-electron chi connectivity index (χ4n) is 1.58. The summed E-state index contributed by atoms with van der Waals surface area (Å²) in [6.45, 7) is 1.82. The fraction of sp³-hybridized carbons (Fsp3) is 0.600. The summed E-state index contributed by atoms with van der Waals surface area (Å²) in [5.74, 6) is 1.01. The van der Waals surface area contributed by atoms with Crippen LogP contribution in [0.3, 0.4) is 0 Å². The van der Waals surface area contributed by atoms with E-state index in [1.807, 2.05) is 12.1 Å². The van der Waals surface area contributed by atoms with Gasteiger partial charge in [0.1, 0.15) is 5.76 Å². The van der Waals surface area contributed by atoms with Gasteiger partial charge in [0.2, 0.25) is 0 Å². The summed E-state index contributed by atoms with van der Waals surface area (Å²) in [6.07, 6.45) is 4.03. The van der Waals surface area contributed by atoms with Gasteiger partial charge in [0.05, 0.1) is 12.8 Å². The third-order valence-electron chi connectivity index (χ3n) is 2.48. The van der Waals surface area contributed by atoms with Gasteiger partial charge in [0.25, 0.3) is 0 Å². The van der Waals surface area contributed by atoms with E-state index in [1.165, 1.54) is 0 Å². The summed E-state index contributed by atoms with van der Waals surface area (Å²) in [6, 6.07) is 3.91. The van der Waals surface area contributed by atoms with E-state index in [4.69, 9.17) is 10.2 Å². The zero-order valence-electron chi connectivity index (χ0n) is 7.99. The van der Waals surface area contributed by atoms with Crippen LogP contribution >= 0.6 is 0 Å². The van der Waals surface area contributed by atoms with Crippen molar-refractivity contribution < 1.29 is 4.42 Å². The van der Waals surface area contributed by atoms with E-state index in [1.54, 1.807) is 6.26 Å². The van der Waals surface area contributed by atoms with Gasteiger partial charge < -0.3 is 10.2 Å². The molecule has 1 aliphatic carbocycles. The monoisotopic (exact) mass is 180 g/mol. The van der Waals surface area contributed by atoms with Crippen molar-refractivity contribution in [2.45, 2.75) is 24.9 Å². The van der Waals surface area contributed by atoms with Crippen LogP contribution in [-0.4, -0.2) is 24.0 Å². The quantitative estimate of drug-likeness (QED) is 0.757. The summed E-state index contributed by atoms with van der Waals surface area (Å²) in [7, 11) is 2.08. The number of hydrogen-bond acceptors (Lipinski definition) is 3. The number of nitrogens with zero attached hydrogens (tertiary/aromatic N) is 1. The van der Waals surface area contributed by atoms with Crippen LogP contribution in [-0.2, 0) is 6.54 Å². The molecule has 0 atom stereocenters. The lowest BCUT2D eigenvalue weighted by Gasteiger charge is -2.19. The van der Waals surface area contributed by atoms with Crippen molar-refractivity contribution in [2.75, 3.05) is 13.6 Å². The van der Waals surface area contributed by atoms with Gasteiger partial charge in [-0.25, -0.2) is 0 Å². The van der Waals surface area contributed by atoms with Crippen LogP contribution in [0.2, 0.25) is 0 Å². The number of rotatable bonds is 4. The summed E-state index contributed by atoms with van der Waals surface area (Å²) < 4.78 is 5.26. The number of furan rings is 1. The maximum Gasteiger partial charge on any atom is 0.117 e. The molecule has 0 unspecified atom stereocenters. The van der Waals surface area contributed by atoms with Gasteiger partial charge in [0.15, 0.2) is 0 Å². The molecule has 72 valence electrons. The minimum Gasteiger partial charge on any atom is -0.468 e. The molecule has 0 aliphatic heterocycles. The predicted molar refractivity (Wildman–Crippen MR) is 51.2 cm³/mol. The van der Waals surface area contributed by atoms with Crippen molar-refractivity contribution >= 4 is 0 Å². The Morgan fingerprint density at radius 1 is 1.62 bits per heavy atom. The summed E-state index contributed by atoms with van der Waals surface area (Å²) in [5, 5.41) is 0. The van der Waals surface area contributed by atoms with E-state index in [0.29, 0.717) is 0 Å². The normalized spacial score (nSPS) is 19.3. The average molecular weight is 180 g/mol. The Labute approximate surface area is 78.5 Å². The molecule has 1 aliphatic rings. The van der Waals surface area contributed by atoms with Crippen LogP contribution in [0.5, 0.6) is 0 Å². The van der Waals surface area contributed by atoms with Gasteiger partial charge in [-0.3, -0.25) is 4.90 Å². The standard InChI is InChI=1S/C10H16N2O/c1-12(8-10(11)4-5-10)7-9-3-2-6-13-9/h2-3,6H,4-5,7-8,11H2,1H3. The van der Waals surface area contributed by atoms with Gasteiger partial charge in [0, 0.05) is 12.1 Å². The van der Waals surface area contributed by atoms with Gasteiger partial charge >= 0.3 is 0 Å². The second kappa shape index (κ2) is 3.16. The second-order valence-corrected chi connectivity index (χ2v) is 4.11. The first kappa shape index (κ1) is 8.78. The molecular formula is C10H16N2O. The van der Waals surface area contributed by atoms with Gasteiger partial charge in [-0.05, 0) is 32.0 Å². The minimum atomic E-state index is 0.0986. The van der Waals surface area contributed by atoms with Crippen molar-refractivity contribution in [3.05, 3.63) is 24.2 Å². The lowest BCUT2D eigenvalue weighted by Crippen LogP contribution is -2.36. The molecule has 0 bridgehead atoms. The molecule has 0 aromatic carbocycles. The highest BCUT2D eigenvalue weighted by molar-refractivity contribution is 5.02. The van der Waals surface area contributed by atoms with Crippen molar-refractivity contribution in [2.24, 2.45) is 5.73 Å². The van der Waals surface area contributed by atoms with Gasteiger partial charge in [-0.15, -0.1) is 0 Å². The lowest BCUT2D eigenvalue weighted by molar-refractivity contribution is 0.271. The zero-order chi connectivity index (χ0) is 9.31. The van der Waals surface area contributed by atoms with E-state index in [0.717, 1.165) is 31.7 Å². The van der Waals surface area contributed by atoms with Gasteiger partial charge in [-0.2, -0.15) is 0 Å². The molecule has 13 heavy (non-hydrogen) atoms. The molecule has 3 heteroatoms. The maximum atomic E-state index is 6.00. The van der Waals surface area contributed by atoms with Crippen LogP contribution in [0, 0.1) is 0 Å². The molecule has 1 aromatic heterocycles. The summed E-state index contributed by atoms with van der Waals surface area (Å²) >= 11 is 0. The smallest absolute Gasteiger partial charge is 0.117 e. The highest BCUT2D eigenvalue weighted by atomic mass is 16.3. The Morgan fingerprint density at radius 3 is 2.92 bits per heavy atom. The SMILES string of the molecule is CN(Cc1ccco1)CC1(N)CC1. The largest absolute Gasteiger partial charge is 0.468 e. The first-order chi connectivity index (χ1) is 6.18. The number of nitrogens with two attached hydrogens (primary N) is 1. The third-order valence-corrected chi connectivity index (χ3v) is 2.48. The van der Waals surface area contributed by atoms with Crippen LogP contribution in [0.4, 0.5) is 0 Å². The van der Waals surface area contributed by atoms with Crippen molar-refractivity contribution in [3.8, 4) is 0 Å². The summed E-state index contributed by atoms with van der Waals surface area (Å²) in [4.78, 5) is 2.21. The number of hydrogen-bond donors (Lipinski definition) is 1. The molecule has 1 fully saturated rings. The number of likely N-dealkylation sites (N-methyl/N-ethyl adjacent to an activating group) is 1. The van der Waals surface area contributed by atoms with Crippen LogP contribution in [0.1, 0.15) is 18.6 Å². The van der Waals surface area contributed by atoms with E-state index >= 15 is 0 Å². The predicted octanol–water partition coefficient (Wildman–Crippen LogP) is 1.20. The second-order valence-electron chi connectivity index (χ2n) is 4.11. The Balaban J connectivity index is 1.81. The van der Waals surface area contributed by atoms with E-state index in [-0.39, 0.29) is 5.54 Å². The first-order valence-corrected chi connectivity index (χ1v) is 4.68. The topological polar surface area (TPSA) is 42.4 Å². The average Bonchev–Trinajstić information content (AvgIpc) is 2.61. The Bertz CT molecular complexity index is 264. The molecule has 0 amide bonds. The maximum absolute atomic E-state index is 6.00. The molecule has 3 nitrogen and oxygen atoms in total. The fourth-order valence-corrected chi connectivity index (χ4v) is 1.58. The van der Waals surface area contributed by atoms with Crippen molar-refractivity contribution in [1.29, 1.82) is 0 Å². The Kier molecular flexibility index (Phi) is 2.14. The Morgan fingerprint density at radius 2 is 2.38 bits per heavy atom. The lowest BCUT2D eigenvalue weighted by atomic mass is 10.2. The minimum absolute atomic E-state index is 0.0986. The molecule has 1 heterocycles. The molecule has 1 saturated carbocycles. The zero-order valence-corrected chi connectivity index (χ0v) is 7.99. The third kappa shape index (κ3) is 2.32. The molecule has 1 aromatic rings. The summed E-state index contributed by atoms with van der Waals surface area (Å²) in [5.41, 5.74) is 6.10. The van der Waals surface area contributed by atoms with Crippen molar-refractivity contribution in [3.63, 3.8) is 0 Å². The van der Waals surface area contributed by atoms with Crippen LogP contribution in [0.25, 0.3) is 0 Å². The van der Waals surface area contributed by atoms with E-state index in [2.05, 4.69) is 11.9 Å². The van der Waals surface area contributed by atoms with E-state index in [9.17, 15) is 0 Å². The van der Waals surface area contributed by atoms with Crippen LogP contribution < -0.4 is 5.73 Å². The molecule has 0 radical (unpaired) electrons. The molecule has 0 spiro atoms. The van der Waals surface area contributed by atoms with Crippen LogP contribution in [0.15, 0.2) is 22.8 Å². The highest BCUT2D eigenvalue weighted by Gasteiger charge is 2.38.